The molecule has 0 saturated carbocycles. The molecule has 0 aliphatic rings. The Labute approximate surface area is 142 Å². The van der Waals surface area contributed by atoms with E-state index in [2.05, 4.69) is 0 Å². The Bertz CT molecular complexity index is 814. The molecule has 0 aliphatic heterocycles. The molecular formula is C18H20NO4S+. The maximum Gasteiger partial charge on any atom is 0.330 e. The minimum Gasteiger partial charge on any atom is -0.463 e. The highest BCUT2D eigenvalue weighted by atomic mass is 32.2. The SMILES string of the molecule is CCOC(=O)/C=C/C[n+]1ccccc1CS(=O)(=O)c1ccccc1. The van der Waals surface area contributed by atoms with Gasteiger partial charge in [0, 0.05) is 18.2 Å². The third-order valence-electron chi connectivity index (χ3n) is 3.32. The average Bonchev–Trinajstić information content (AvgIpc) is 2.57. The maximum atomic E-state index is 12.5. The van der Waals surface area contributed by atoms with E-state index in [1.165, 1.54) is 6.08 Å². The van der Waals surface area contributed by atoms with E-state index in [9.17, 15) is 13.2 Å². The zero-order chi connectivity index (χ0) is 17.4. The van der Waals surface area contributed by atoms with Crippen LogP contribution in [0.1, 0.15) is 12.6 Å². The molecular weight excluding hydrogens is 326 g/mol. The van der Waals surface area contributed by atoms with Gasteiger partial charge in [-0.2, -0.15) is 4.57 Å². The second-order valence-electron chi connectivity index (χ2n) is 5.07. The summed E-state index contributed by atoms with van der Waals surface area (Å²) in [5, 5.41) is 0. The Kier molecular flexibility index (Phi) is 6.26. The van der Waals surface area contributed by atoms with Gasteiger partial charge in [-0.15, -0.1) is 0 Å². The van der Waals surface area contributed by atoms with Gasteiger partial charge in [-0.3, -0.25) is 0 Å². The van der Waals surface area contributed by atoms with Crippen molar-refractivity contribution in [3.63, 3.8) is 0 Å². The summed E-state index contributed by atoms with van der Waals surface area (Å²) in [6, 6.07) is 13.7. The summed E-state index contributed by atoms with van der Waals surface area (Å²) in [5.41, 5.74) is 0.648. The van der Waals surface area contributed by atoms with Crippen LogP contribution in [0.3, 0.4) is 0 Å². The lowest BCUT2D eigenvalue weighted by atomic mass is 10.3. The molecule has 0 atom stereocenters. The minimum atomic E-state index is -3.42. The van der Waals surface area contributed by atoms with E-state index in [-0.39, 0.29) is 5.75 Å². The molecule has 0 saturated heterocycles. The fourth-order valence-electron chi connectivity index (χ4n) is 2.18. The standard InChI is InChI=1S/C18H20NO4S/c1-2-23-18(20)12-8-14-19-13-7-6-9-16(19)15-24(21,22)17-10-4-3-5-11-17/h3-13H,2,14-15H2,1H3/q+1/b12-8+. The van der Waals surface area contributed by atoms with Crippen LogP contribution < -0.4 is 4.57 Å². The smallest absolute Gasteiger partial charge is 0.330 e. The second kappa shape index (κ2) is 8.40. The molecule has 0 spiro atoms. The Morgan fingerprint density at radius 2 is 1.83 bits per heavy atom. The number of rotatable bonds is 7. The highest BCUT2D eigenvalue weighted by Crippen LogP contribution is 2.14. The van der Waals surface area contributed by atoms with Crippen LogP contribution in [0.2, 0.25) is 0 Å². The van der Waals surface area contributed by atoms with E-state index in [0.717, 1.165) is 0 Å². The highest BCUT2D eigenvalue weighted by Gasteiger charge is 2.20. The molecule has 2 rings (SSSR count). The summed E-state index contributed by atoms with van der Waals surface area (Å²) in [7, 11) is -3.42. The average molecular weight is 346 g/mol. The first-order valence-electron chi connectivity index (χ1n) is 7.61. The van der Waals surface area contributed by atoms with E-state index in [1.54, 1.807) is 66.2 Å². The van der Waals surface area contributed by atoms with Crippen molar-refractivity contribution in [1.29, 1.82) is 0 Å². The van der Waals surface area contributed by atoms with Gasteiger partial charge in [-0.05, 0) is 25.1 Å². The van der Waals surface area contributed by atoms with E-state index in [0.29, 0.717) is 23.7 Å². The van der Waals surface area contributed by atoms with Gasteiger partial charge in [0.05, 0.1) is 11.5 Å². The number of nitrogens with zero attached hydrogens (tertiary/aromatic N) is 1. The lowest BCUT2D eigenvalue weighted by Crippen LogP contribution is -2.38. The fourth-order valence-corrected chi connectivity index (χ4v) is 3.57. The number of benzene rings is 1. The Morgan fingerprint density at radius 1 is 1.12 bits per heavy atom. The molecule has 6 heteroatoms. The normalized spacial score (nSPS) is 11.5. The third-order valence-corrected chi connectivity index (χ3v) is 4.98. The molecule has 1 aromatic heterocycles. The van der Waals surface area contributed by atoms with Crippen molar-refractivity contribution in [2.45, 2.75) is 24.1 Å². The molecule has 0 bridgehead atoms. The molecule has 1 heterocycles. The monoisotopic (exact) mass is 346 g/mol. The van der Waals surface area contributed by atoms with Crippen molar-refractivity contribution >= 4 is 15.8 Å². The first kappa shape index (κ1) is 17.9. The quantitative estimate of drug-likeness (QED) is 0.437. The fraction of sp³-hybridized carbons (Fsp3) is 0.222. The second-order valence-corrected chi connectivity index (χ2v) is 7.06. The summed E-state index contributed by atoms with van der Waals surface area (Å²) in [6.07, 6.45) is 4.78. The van der Waals surface area contributed by atoms with Crippen molar-refractivity contribution in [2.75, 3.05) is 6.61 Å². The largest absolute Gasteiger partial charge is 0.463 e. The molecule has 0 radical (unpaired) electrons. The Hall–Kier alpha value is -2.47. The number of allylic oxidation sites excluding steroid dienone is 1. The van der Waals surface area contributed by atoms with Crippen molar-refractivity contribution in [2.24, 2.45) is 0 Å². The summed E-state index contributed by atoms with van der Waals surface area (Å²) in [6.45, 7) is 2.45. The molecule has 0 unspecified atom stereocenters. The van der Waals surface area contributed by atoms with E-state index in [4.69, 9.17) is 4.74 Å². The van der Waals surface area contributed by atoms with Crippen LogP contribution in [0.4, 0.5) is 0 Å². The highest BCUT2D eigenvalue weighted by molar-refractivity contribution is 7.90. The van der Waals surface area contributed by atoms with Gasteiger partial charge < -0.3 is 4.74 Å². The molecule has 0 aliphatic carbocycles. The number of hydrogen-bond acceptors (Lipinski definition) is 4. The molecule has 1 aromatic carbocycles. The number of aromatic nitrogens is 1. The number of sulfone groups is 1. The van der Waals surface area contributed by atoms with Crippen molar-refractivity contribution < 1.29 is 22.5 Å². The summed E-state index contributed by atoms with van der Waals surface area (Å²) in [5.74, 6) is -0.516. The van der Waals surface area contributed by atoms with Crippen LogP contribution in [-0.4, -0.2) is 21.0 Å². The number of esters is 1. The van der Waals surface area contributed by atoms with Crippen LogP contribution in [0.5, 0.6) is 0 Å². The Morgan fingerprint density at radius 3 is 2.54 bits per heavy atom. The first-order chi connectivity index (χ1) is 11.5. The van der Waals surface area contributed by atoms with Crippen LogP contribution in [0.15, 0.2) is 71.8 Å². The molecule has 2 aromatic rings. The maximum absolute atomic E-state index is 12.5. The van der Waals surface area contributed by atoms with E-state index < -0.39 is 15.8 Å². The zero-order valence-electron chi connectivity index (χ0n) is 13.5. The van der Waals surface area contributed by atoms with E-state index in [1.807, 2.05) is 6.07 Å². The topological polar surface area (TPSA) is 64.3 Å². The van der Waals surface area contributed by atoms with Gasteiger partial charge >= 0.3 is 5.97 Å². The predicted octanol–water partition coefficient (Wildman–Crippen LogP) is 2.07. The lowest BCUT2D eigenvalue weighted by molar-refractivity contribution is -0.693. The number of carbonyl (C=O) groups is 1. The predicted molar refractivity (Wildman–Crippen MR) is 89.7 cm³/mol. The molecule has 0 amide bonds. The van der Waals surface area contributed by atoms with Crippen LogP contribution in [0, 0.1) is 0 Å². The number of hydrogen-bond donors (Lipinski definition) is 0. The molecule has 24 heavy (non-hydrogen) atoms. The number of ether oxygens (including phenoxy) is 1. The van der Waals surface area contributed by atoms with Gasteiger partial charge in [0.1, 0.15) is 5.75 Å². The molecule has 5 nitrogen and oxygen atoms in total. The van der Waals surface area contributed by atoms with E-state index >= 15 is 0 Å². The lowest BCUT2D eigenvalue weighted by Gasteiger charge is -2.04. The van der Waals surface area contributed by atoms with Crippen molar-refractivity contribution in [1.82, 2.24) is 0 Å². The van der Waals surface area contributed by atoms with Gasteiger partial charge in [0.15, 0.2) is 28.3 Å². The summed E-state index contributed by atoms with van der Waals surface area (Å²) in [4.78, 5) is 11.6. The van der Waals surface area contributed by atoms with Gasteiger partial charge in [-0.25, -0.2) is 13.2 Å². The van der Waals surface area contributed by atoms with Crippen LogP contribution in [0.25, 0.3) is 0 Å². The zero-order valence-corrected chi connectivity index (χ0v) is 14.3. The van der Waals surface area contributed by atoms with Crippen LogP contribution in [-0.2, 0) is 31.7 Å². The molecule has 126 valence electrons. The van der Waals surface area contributed by atoms with Gasteiger partial charge in [0.2, 0.25) is 0 Å². The Balaban J connectivity index is 2.16. The van der Waals surface area contributed by atoms with Gasteiger partial charge in [0.25, 0.3) is 0 Å². The number of pyridine rings is 1. The third kappa shape index (κ3) is 5.03. The van der Waals surface area contributed by atoms with Crippen molar-refractivity contribution in [3.8, 4) is 0 Å². The summed E-state index contributed by atoms with van der Waals surface area (Å²) < 4.78 is 31.6. The van der Waals surface area contributed by atoms with Crippen molar-refractivity contribution in [3.05, 3.63) is 72.6 Å². The minimum absolute atomic E-state index is 0.106. The molecule has 0 N–H and O–H groups in total. The number of carbonyl (C=O) groups excluding carboxylic acids is 1. The molecule has 0 fully saturated rings. The first-order valence-corrected chi connectivity index (χ1v) is 9.26. The summed E-state index contributed by atoms with van der Waals surface area (Å²) >= 11 is 0. The van der Waals surface area contributed by atoms with Crippen LogP contribution >= 0.6 is 0 Å². The van der Waals surface area contributed by atoms with Gasteiger partial charge in [-0.1, -0.05) is 24.3 Å².